The third-order valence-electron chi connectivity index (χ3n) is 5.13. The highest BCUT2D eigenvalue weighted by atomic mass is 16.5. The molecule has 2 unspecified atom stereocenters. The van der Waals surface area contributed by atoms with E-state index >= 15 is 0 Å². The second-order valence-corrected chi connectivity index (χ2v) is 7.48. The maximum atomic E-state index is 10.5. The van der Waals surface area contributed by atoms with Crippen LogP contribution in [0.15, 0.2) is 59.6 Å². The Morgan fingerprint density at radius 1 is 1.13 bits per heavy atom. The molecule has 3 N–H and O–H groups in total. The summed E-state index contributed by atoms with van der Waals surface area (Å²) in [4.78, 5) is 6.90. The fourth-order valence-electron chi connectivity index (χ4n) is 3.12. The number of methoxy groups -OCH3 is 1. The highest BCUT2D eigenvalue weighted by Gasteiger charge is 2.11. The molecule has 6 nitrogen and oxygen atoms in total. The molecule has 0 saturated heterocycles. The Morgan fingerprint density at radius 3 is 2.60 bits per heavy atom. The normalized spacial score (nSPS) is 13.7. The molecule has 2 aromatic rings. The van der Waals surface area contributed by atoms with Gasteiger partial charge in [0.15, 0.2) is 5.96 Å². The van der Waals surface area contributed by atoms with Crippen LogP contribution in [0.1, 0.15) is 37.5 Å². The summed E-state index contributed by atoms with van der Waals surface area (Å²) in [5.41, 5.74) is 2.12. The van der Waals surface area contributed by atoms with Crippen LogP contribution in [0.4, 0.5) is 0 Å². The molecule has 0 radical (unpaired) electrons. The van der Waals surface area contributed by atoms with Gasteiger partial charge in [0.1, 0.15) is 5.75 Å². The minimum Gasteiger partial charge on any atom is -0.497 e. The van der Waals surface area contributed by atoms with Gasteiger partial charge in [0, 0.05) is 25.7 Å². The van der Waals surface area contributed by atoms with Crippen molar-refractivity contribution in [3.63, 3.8) is 0 Å². The number of guanidine groups is 1. The smallest absolute Gasteiger partial charge is 0.191 e. The molecular formula is C24H36N4O2. The van der Waals surface area contributed by atoms with Crippen molar-refractivity contribution in [3.05, 3.63) is 65.7 Å². The maximum Gasteiger partial charge on any atom is 0.191 e. The SMILES string of the molecule is CCNC(=NCC(O)c1cccc(OC)c1)NCCC(C)N(C)Cc1ccccc1. The maximum absolute atomic E-state index is 10.5. The van der Waals surface area contributed by atoms with Crippen LogP contribution in [0.5, 0.6) is 5.75 Å². The van der Waals surface area contributed by atoms with E-state index in [-0.39, 0.29) is 6.54 Å². The van der Waals surface area contributed by atoms with Crippen molar-refractivity contribution in [2.45, 2.75) is 39.0 Å². The van der Waals surface area contributed by atoms with Gasteiger partial charge in [-0.15, -0.1) is 0 Å². The Bertz CT molecular complexity index is 767. The van der Waals surface area contributed by atoms with Crippen molar-refractivity contribution in [2.75, 3.05) is 33.8 Å². The molecule has 30 heavy (non-hydrogen) atoms. The minimum atomic E-state index is -0.675. The summed E-state index contributed by atoms with van der Waals surface area (Å²) in [5, 5.41) is 17.1. The second-order valence-electron chi connectivity index (χ2n) is 7.48. The van der Waals surface area contributed by atoms with Gasteiger partial charge in [-0.2, -0.15) is 0 Å². The summed E-state index contributed by atoms with van der Waals surface area (Å²) in [6.07, 6.45) is 0.318. The van der Waals surface area contributed by atoms with Gasteiger partial charge in [-0.3, -0.25) is 9.89 Å². The number of aliphatic hydroxyl groups excluding tert-OH is 1. The average Bonchev–Trinajstić information content (AvgIpc) is 2.77. The summed E-state index contributed by atoms with van der Waals surface area (Å²) in [6.45, 7) is 7.06. The average molecular weight is 413 g/mol. The first-order chi connectivity index (χ1) is 14.5. The van der Waals surface area contributed by atoms with E-state index in [1.165, 1.54) is 5.56 Å². The van der Waals surface area contributed by atoms with E-state index in [0.717, 1.165) is 43.3 Å². The summed E-state index contributed by atoms with van der Waals surface area (Å²) in [5.74, 6) is 1.45. The molecular weight excluding hydrogens is 376 g/mol. The molecule has 2 aromatic carbocycles. The van der Waals surface area contributed by atoms with Crippen LogP contribution in [0, 0.1) is 0 Å². The Labute approximate surface area is 181 Å². The Morgan fingerprint density at radius 2 is 1.90 bits per heavy atom. The Hall–Kier alpha value is -2.57. The number of benzene rings is 2. The molecule has 0 aliphatic rings. The highest BCUT2D eigenvalue weighted by molar-refractivity contribution is 5.79. The number of aliphatic hydroxyl groups is 1. The van der Waals surface area contributed by atoms with Crippen LogP contribution in [0.25, 0.3) is 0 Å². The number of aliphatic imine (C=N–C) groups is 1. The van der Waals surface area contributed by atoms with E-state index < -0.39 is 6.10 Å². The van der Waals surface area contributed by atoms with E-state index in [4.69, 9.17) is 4.74 Å². The lowest BCUT2D eigenvalue weighted by molar-refractivity contribution is 0.186. The summed E-state index contributed by atoms with van der Waals surface area (Å²) in [7, 11) is 3.77. The van der Waals surface area contributed by atoms with Crippen molar-refractivity contribution in [1.82, 2.24) is 15.5 Å². The van der Waals surface area contributed by atoms with Gasteiger partial charge in [-0.25, -0.2) is 0 Å². The van der Waals surface area contributed by atoms with Crippen LogP contribution in [0.3, 0.4) is 0 Å². The van der Waals surface area contributed by atoms with Crippen molar-refractivity contribution in [3.8, 4) is 5.75 Å². The van der Waals surface area contributed by atoms with Gasteiger partial charge in [0.25, 0.3) is 0 Å². The van der Waals surface area contributed by atoms with Crippen LogP contribution in [-0.2, 0) is 6.54 Å². The van der Waals surface area contributed by atoms with Crippen molar-refractivity contribution in [2.24, 2.45) is 4.99 Å². The zero-order valence-corrected chi connectivity index (χ0v) is 18.6. The molecule has 2 atom stereocenters. The molecule has 2 rings (SSSR count). The number of hydrogen-bond donors (Lipinski definition) is 3. The lowest BCUT2D eigenvalue weighted by Crippen LogP contribution is -2.40. The van der Waals surface area contributed by atoms with E-state index in [2.05, 4.69) is 58.8 Å². The largest absolute Gasteiger partial charge is 0.497 e. The van der Waals surface area contributed by atoms with E-state index in [9.17, 15) is 5.11 Å². The number of nitrogens with zero attached hydrogens (tertiary/aromatic N) is 2. The number of hydrogen-bond acceptors (Lipinski definition) is 4. The molecule has 0 saturated carbocycles. The fraction of sp³-hybridized carbons (Fsp3) is 0.458. The monoisotopic (exact) mass is 412 g/mol. The highest BCUT2D eigenvalue weighted by Crippen LogP contribution is 2.19. The number of rotatable bonds is 11. The zero-order valence-electron chi connectivity index (χ0n) is 18.6. The lowest BCUT2D eigenvalue weighted by atomic mass is 10.1. The number of ether oxygens (including phenoxy) is 1. The standard InChI is InChI=1S/C24H36N4O2/c1-5-25-24(27-17-23(29)21-12-9-13-22(16-21)30-4)26-15-14-19(2)28(3)18-20-10-7-6-8-11-20/h6-13,16,19,23,29H,5,14-15,17-18H2,1-4H3,(H2,25,26,27). The molecule has 0 aliphatic carbocycles. The molecule has 0 spiro atoms. The van der Waals surface area contributed by atoms with Gasteiger partial charge in [-0.05, 0) is 50.6 Å². The predicted octanol–water partition coefficient (Wildman–Crippen LogP) is 3.19. The van der Waals surface area contributed by atoms with Crippen LogP contribution >= 0.6 is 0 Å². The van der Waals surface area contributed by atoms with Crippen LogP contribution < -0.4 is 15.4 Å². The van der Waals surface area contributed by atoms with Gasteiger partial charge in [0.2, 0.25) is 0 Å². The molecule has 0 heterocycles. The molecule has 0 aliphatic heterocycles. The van der Waals surface area contributed by atoms with Crippen LogP contribution in [0.2, 0.25) is 0 Å². The Balaban J connectivity index is 1.82. The molecule has 0 amide bonds. The quantitative estimate of drug-likeness (QED) is 0.391. The second kappa shape index (κ2) is 12.9. The van der Waals surface area contributed by atoms with Gasteiger partial charge in [-0.1, -0.05) is 42.5 Å². The molecule has 0 aromatic heterocycles. The van der Waals surface area contributed by atoms with E-state index in [0.29, 0.717) is 6.04 Å². The van der Waals surface area contributed by atoms with Gasteiger partial charge < -0.3 is 20.5 Å². The first kappa shape index (κ1) is 23.7. The van der Waals surface area contributed by atoms with Gasteiger partial charge >= 0.3 is 0 Å². The third kappa shape index (κ3) is 8.05. The third-order valence-corrected chi connectivity index (χ3v) is 5.13. The van der Waals surface area contributed by atoms with Crippen molar-refractivity contribution < 1.29 is 9.84 Å². The van der Waals surface area contributed by atoms with E-state index in [1.807, 2.05) is 37.3 Å². The molecule has 164 valence electrons. The molecule has 6 heteroatoms. The minimum absolute atomic E-state index is 0.284. The fourth-order valence-corrected chi connectivity index (χ4v) is 3.12. The Kier molecular flexibility index (Phi) is 10.2. The first-order valence-electron chi connectivity index (χ1n) is 10.6. The molecule has 0 fully saturated rings. The summed E-state index contributed by atoms with van der Waals surface area (Å²) >= 11 is 0. The predicted molar refractivity (Wildman–Crippen MR) is 124 cm³/mol. The molecule has 0 bridgehead atoms. The van der Waals surface area contributed by atoms with Gasteiger partial charge in [0.05, 0.1) is 19.8 Å². The van der Waals surface area contributed by atoms with Crippen molar-refractivity contribution in [1.29, 1.82) is 0 Å². The van der Waals surface area contributed by atoms with Crippen molar-refractivity contribution >= 4 is 5.96 Å². The summed E-state index contributed by atoms with van der Waals surface area (Å²) in [6, 6.07) is 18.4. The zero-order chi connectivity index (χ0) is 21.8. The van der Waals surface area contributed by atoms with E-state index in [1.54, 1.807) is 7.11 Å². The number of nitrogens with one attached hydrogen (secondary N) is 2. The first-order valence-corrected chi connectivity index (χ1v) is 10.6. The summed E-state index contributed by atoms with van der Waals surface area (Å²) < 4.78 is 5.23. The topological polar surface area (TPSA) is 69.1 Å². The lowest BCUT2D eigenvalue weighted by Gasteiger charge is -2.25. The van der Waals surface area contributed by atoms with Crippen LogP contribution in [-0.4, -0.2) is 55.8 Å².